The van der Waals surface area contributed by atoms with E-state index in [2.05, 4.69) is 5.32 Å². The van der Waals surface area contributed by atoms with Crippen LogP contribution in [0.25, 0.3) is 0 Å². The number of carbonyl (C=O) groups is 2. The highest BCUT2D eigenvalue weighted by Gasteiger charge is 2.26. The summed E-state index contributed by atoms with van der Waals surface area (Å²) in [6.07, 6.45) is 1.03. The Morgan fingerprint density at radius 3 is 2.93 bits per heavy atom. The van der Waals surface area contributed by atoms with E-state index in [9.17, 15) is 9.59 Å². The number of nitrogens with zero attached hydrogens (tertiary/aromatic N) is 1. The highest BCUT2D eigenvalue weighted by Crippen LogP contribution is 2.12. The lowest BCUT2D eigenvalue weighted by Gasteiger charge is -2.26. The highest BCUT2D eigenvalue weighted by atomic mass is 16.3. The van der Waals surface area contributed by atoms with Crippen LogP contribution in [0.15, 0.2) is 0 Å². The summed E-state index contributed by atoms with van der Waals surface area (Å²) in [5, 5.41) is 11.3. The highest BCUT2D eigenvalue weighted by molar-refractivity contribution is 5.83. The fraction of sp³-hybridized carbons (Fsp3) is 0.778. The zero-order valence-electron chi connectivity index (χ0n) is 8.32. The summed E-state index contributed by atoms with van der Waals surface area (Å²) in [6, 6.07) is 0. The Hall–Kier alpha value is -1.10. The van der Waals surface area contributed by atoms with Crippen LogP contribution in [-0.4, -0.2) is 48.6 Å². The van der Waals surface area contributed by atoms with Gasteiger partial charge in [0.25, 0.3) is 0 Å². The van der Waals surface area contributed by atoms with Gasteiger partial charge in [-0.2, -0.15) is 0 Å². The Morgan fingerprint density at radius 2 is 2.43 bits per heavy atom. The van der Waals surface area contributed by atoms with Crippen molar-refractivity contribution < 1.29 is 14.7 Å². The van der Waals surface area contributed by atoms with Gasteiger partial charge < -0.3 is 15.3 Å². The second-order valence-corrected chi connectivity index (χ2v) is 3.52. The molecule has 1 aliphatic heterocycles. The molecule has 1 rings (SSSR count). The number of amides is 2. The molecule has 1 unspecified atom stereocenters. The van der Waals surface area contributed by atoms with Crippen LogP contribution in [0.1, 0.15) is 12.8 Å². The van der Waals surface area contributed by atoms with Gasteiger partial charge in [0.05, 0.1) is 12.5 Å². The molecule has 0 spiro atoms. The maximum absolute atomic E-state index is 11.7. The molecule has 0 bridgehead atoms. The van der Waals surface area contributed by atoms with Gasteiger partial charge in [-0.1, -0.05) is 0 Å². The molecular formula is C9H16N2O3. The molecule has 0 aliphatic carbocycles. The first-order chi connectivity index (χ1) is 6.65. The monoisotopic (exact) mass is 200 g/mol. The van der Waals surface area contributed by atoms with Gasteiger partial charge >= 0.3 is 0 Å². The molecule has 1 heterocycles. The zero-order chi connectivity index (χ0) is 10.6. The molecule has 2 N–H and O–H groups in total. The maximum Gasteiger partial charge on any atom is 0.227 e. The van der Waals surface area contributed by atoms with E-state index in [1.165, 1.54) is 4.90 Å². The predicted octanol–water partition coefficient (Wildman–Crippen LogP) is -1.04. The van der Waals surface area contributed by atoms with E-state index in [0.717, 1.165) is 0 Å². The van der Waals surface area contributed by atoms with Gasteiger partial charge in [-0.25, -0.2) is 0 Å². The lowest BCUT2D eigenvalue weighted by Crippen LogP contribution is -2.44. The molecule has 0 aromatic carbocycles. The third-order valence-electron chi connectivity index (χ3n) is 2.43. The predicted molar refractivity (Wildman–Crippen MR) is 50.5 cm³/mol. The van der Waals surface area contributed by atoms with E-state index >= 15 is 0 Å². The average Bonchev–Trinajstić information content (AvgIpc) is 2.18. The van der Waals surface area contributed by atoms with Crippen LogP contribution in [0.3, 0.4) is 0 Å². The summed E-state index contributed by atoms with van der Waals surface area (Å²) in [4.78, 5) is 24.0. The SMILES string of the molecule is CN(CCO)C(=O)C1CCC(=O)NC1. The molecule has 2 amide bonds. The molecule has 0 radical (unpaired) electrons. The van der Waals surface area contributed by atoms with E-state index in [1.807, 2.05) is 0 Å². The molecule has 0 saturated carbocycles. The van der Waals surface area contributed by atoms with Crippen LogP contribution in [0.5, 0.6) is 0 Å². The molecule has 5 nitrogen and oxygen atoms in total. The summed E-state index contributed by atoms with van der Waals surface area (Å²) < 4.78 is 0. The van der Waals surface area contributed by atoms with E-state index in [4.69, 9.17) is 5.11 Å². The minimum Gasteiger partial charge on any atom is -0.395 e. The van der Waals surface area contributed by atoms with E-state index in [0.29, 0.717) is 25.9 Å². The number of rotatable bonds is 3. The second kappa shape index (κ2) is 4.95. The first-order valence-corrected chi connectivity index (χ1v) is 4.77. The van der Waals surface area contributed by atoms with Crippen LogP contribution < -0.4 is 5.32 Å². The number of aliphatic hydroxyl groups excluding tert-OH is 1. The van der Waals surface area contributed by atoms with E-state index in [1.54, 1.807) is 7.05 Å². The van der Waals surface area contributed by atoms with Crippen LogP contribution in [0.2, 0.25) is 0 Å². The van der Waals surface area contributed by atoms with Gasteiger partial charge in [0, 0.05) is 26.6 Å². The second-order valence-electron chi connectivity index (χ2n) is 3.52. The first-order valence-electron chi connectivity index (χ1n) is 4.77. The van der Waals surface area contributed by atoms with Crippen molar-refractivity contribution in [1.29, 1.82) is 0 Å². The minimum absolute atomic E-state index is 0.000880. The van der Waals surface area contributed by atoms with Crippen molar-refractivity contribution in [3.63, 3.8) is 0 Å². The number of likely N-dealkylation sites (N-methyl/N-ethyl adjacent to an activating group) is 1. The quantitative estimate of drug-likeness (QED) is 0.611. The van der Waals surface area contributed by atoms with Crippen molar-refractivity contribution in [1.82, 2.24) is 10.2 Å². The van der Waals surface area contributed by atoms with Gasteiger partial charge in [-0.3, -0.25) is 9.59 Å². The Bertz CT molecular complexity index is 220. The molecule has 1 saturated heterocycles. The van der Waals surface area contributed by atoms with Crippen molar-refractivity contribution in [2.24, 2.45) is 5.92 Å². The molecule has 1 atom stereocenters. The number of hydrogen-bond acceptors (Lipinski definition) is 3. The molecule has 0 aromatic rings. The van der Waals surface area contributed by atoms with Crippen molar-refractivity contribution >= 4 is 11.8 Å². The number of aliphatic hydroxyl groups is 1. The Labute approximate surface area is 83.1 Å². The molecule has 1 aliphatic rings. The van der Waals surface area contributed by atoms with Gasteiger partial charge in [-0.15, -0.1) is 0 Å². The molecule has 1 fully saturated rings. The van der Waals surface area contributed by atoms with Crippen LogP contribution in [0, 0.1) is 5.92 Å². The van der Waals surface area contributed by atoms with E-state index in [-0.39, 0.29) is 24.3 Å². The lowest BCUT2D eigenvalue weighted by molar-refractivity contribution is -0.136. The standard InChI is InChI=1S/C9H16N2O3/c1-11(4-5-12)9(14)7-2-3-8(13)10-6-7/h7,12H,2-6H2,1H3,(H,10,13). The zero-order valence-corrected chi connectivity index (χ0v) is 8.32. The smallest absolute Gasteiger partial charge is 0.227 e. The summed E-state index contributed by atoms with van der Waals surface area (Å²) in [6.45, 7) is 0.748. The number of carbonyl (C=O) groups excluding carboxylic acids is 2. The Balaban J connectivity index is 2.41. The van der Waals surface area contributed by atoms with Crippen LogP contribution in [-0.2, 0) is 9.59 Å². The lowest BCUT2D eigenvalue weighted by atomic mass is 9.98. The summed E-state index contributed by atoms with van der Waals surface area (Å²) in [7, 11) is 1.66. The van der Waals surface area contributed by atoms with E-state index < -0.39 is 0 Å². The summed E-state index contributed by atoms with van der Waals surface area (Å²) >= 11 is 0. The fourth-order valence-electron chi connectivity index (χ4n) is 1.52. The third kappa shape index (κ3) is 2.70. The van der Waals surface area contributed by atoms with Crippen molar-refractivity contribution in [3.8, 4) is 0 Å². The number of piperidine rings is 1. The summed E-state index contributed by atoms with van der Waals surface area (Å²) in [5.41, 5.74) is 0. The topological polar surface area (TPSA) is 69.6 Å². The average molecular weight is 200 g/mol. The fourth-order valence-corrected chi connectivity index (χ4v) is 1.52. The molecule has 5 heteroatoms. The largest absolute Gasteiger partial charge is 0.395 e. The Morgan fingerprint density at radius 1 is 1.71 bits per heavy atom. The molecule has 14 heavy (non-hydrogen) atoms. The van der Waals surface area contributed by atoms with Gasteiger partial charge in [0.1, 0.15) is 0 Å². The third-order valence-corrected chi connectivity index (χ3v) is 2.43. The molecule has 0 aromatic heterocycles. The summed E-state index contributed by atoms with van der Waals surface area (Å²) in [5.74, 6) is -0.109. The van der Waals surface area contributed by atoms with Gasteiger partial charge in [0.15, 0.2) is 0 Å². The normalized spacial score (nSPS) is 21.6. The number of hydrogen-bond donors (Lipinski definition) is 2. The van der Waals surface area contributed by atoms with Gasteiger partial charge in [0.2, 0.25) is 11.8 Å². The van der Waals surface area contributed by atoms with Crippen LogP contribution >= 0.6 is 0 Å². The molecule has 80 valence electrons. The minimum atomic E-state index is -0.121. The Kier molecular flexibility index (Phi) is 3.88. The molecular weight excluding hydrogens is 184 g/mol. The van der Waals surface area contributed by atoms with Crippen molar-refractivity contribution in [3.05, 3.63) is 0 Å². The van der Waals surface area contributed by atoms with Crippen molar-refractivity contribution in [2.75, 3.05) is 26.7 Å². The van der Waals surface area contributed by atoms with Gasteiger partial charge in [-0.05, 0) is 6.42 Å². The van der Waals surface area contributed by atoms with Crippen molar-refractivity contribution in [2.45, 2.75) is 12.8 Å². The number of nitrogens with one attached hydrogen (secondary N) is 1. The maximum atomic E-state index is 11.7. The first kappa shape index (κ1) is 11.0. The van der Waals surface area contributed by atoms with Crippen LogP contribution in [0.4, 0.5) is 0 Å².